The number of nitrogens with zero attached hydrogens (tertiary/aromatic N) is 2. The zero-order valence-corrected chi connectivity index (χ0v) is 15.6. The van der Waals surface area contributed by atoms with E-state index in [1.807, 2.05) is 13.8 Å². The van der Waals surface area contributed by atoms with Crippen LogP contribution in [0.3, 0.4) is 0 Å². The highest BCUT2D eigenvalue weighted by Crippen LogP contribution is 2.25. The average Bonchev–Trinajstić information content (AvgIpc) is 3.01. The molecule has 0 N–H and O–H groups in total. The lowest BCUT2D eigenvalue weighted by Gasteiger charge is -2.20. The molecule has 0 fully saturated rings. The van der Waals surface area contributed by atoms with Gasteiger partial charge in [0, 0.05) is 12.4 Å². The van der Waals surface area contributed by atoms with Crippen molar-refractivity contribution in [1.82, 2.24) is 9.55 Å². The summed E-state index contributed by atoms with van der Waals surface area (Å²) in [6.07, 6.45) is 13.3. The summed E-state index contributed by atoms with van der Waals surface area (Å²) in [4.78, 5) is 3.95. The van der Waals surface area contributed by atoms with Crippen molar-refractivity contribution < 1.29 is 12.6 Å². The van der Waals surface area contributed by atoms with E-state index in [9.17, 15) is 8.42 Å². The van der Waals surface area contributed by atoms with Crippen LogP contribution >= 0.6 is 0 Å². The summed E-state index contributed by atoms with van der Waals surface area (Å²) in [5.41, 5.74) is 0. The maximum absolute atomic E-state index is 12.5. The van der Waals surface area contributed by atoms with Crippen molar-refractivity contribution in [1.29, 1.82) is 0 Å². The molecular formula is C17H32N2O3S. The SMILES string of the molecule is CCCCCCCCCOS(=O)(=O)C(CC(C)C)n1ccnc1. The van der Waals surface area contributed by atoms with Crippen LogP contribution in [0, 0.1) is 5.92 Å². The second-order valence-corrected chi connectivity index (χ2v) is 8.30. The van der Waals surface area contributed by atoms with E-state index in [4.69, 9.17) is 4.18 Å². The molecule has 23 heavy (non-hydrogen) atoms. The van der Waals surface area contributed by atoms with E-state index < -0.39 is 15.5 Å². The summed E-state index contributed by atoms with van der Waals surface area (Å²) >= 11 is 0. The van der Waals surface area contributed by atoms with Crippen molar-refractivity contribution >= 4 is 10.1 Å². The first-order valence-electron chi connectivity index (χ1n) is 8.83. The topological polar surface area (TPSA) is 61.2 Å². The third-order valence-electron chi connectivity index (χ3n) is 3.86. The lowest BCUT2D eigenvalue weighted by molar-refractivity contribution is 0.287. The first-order chi connectivity index (χ1) is 11.0. The molecule has 0 amide bonds. The van der Waals surface area contributed by atoms with Gasteiger partial charge in [0.2, 0.25) is 0 Å². The summed E-state index contributed by atoms with van der Waals surface area (Å²) in [6, 6.07) is 0. The molecule has 0 saturated heterocycles. The molecular weight excluding hydrogens is 312 g/mol. The normalized spacial score (nSPS) is 13.6. The van der Waals surface area contributed by atoms with E-state index in [0.29, 0.717) is 6.42 Å². The molecule has 1 aromatic rings. The van der Waals surface area contributed by atoms with E-state index >= 15 is 0 Å². The Bertz CT molecular complexity index is 498. The minimum atomic E-state index is -3.62. The smallest absolute Gasteiger partial charge is 0.289 e. The lowest BCUT2D eigenvalue weighted by Crippen LogP contribution is -2.23. The summed E-state index contributed by atoms with van der Waals surface area (Å²) in [7, 11) is -3.62. The van der Waals surface area contributed by atoms with Gasteiger partial charge < -0.3 is 4.57 Å². The molecule has 0 bridgehead atoms. The first kappa shape index (κ1) is 20.2. The second kappa shape index (κ2) is 10.8. The van der Waals surface area contributed by atoms with E-state index in [0.717, 1.165) is 19.3 Å². The van der Waals surface area contributed by atoms with E-state index in [1.165, 1.54) is 25.7 Å². The molecule has 0 aromatic carbocycles. The van der Waals surface area contributed by atoms with Crippen LogP contribution in [0.2, 0.25) is 0 Å². The van der Waals surface area contributed by atoms with E-state index in [1.54, 1.807) is 23.3 Å². The van der Waals surface area contributed by atoms with Gasteiger partial charge in [0.15, 0.2) is 5.37 Å². The van der Waals surface area contributed by atoms with Crippen molar-refractivity contribution in [3.63, 3.8) is 0 Å². The maximum atomic E-state index is 12.5. The van der Waals surface area contributed by atoms with Gasteiger partial charge in [-0.05, 0) is 18.8 Å². The van der Waals surface area contributed by atoms with Gasteiger partial charge in [0.1, 0.15) is 0 Å². The average molecular weight is 345 g/mol. The van der Waals surface area contributed by atoms with Crippen LogP contribution in [-0.2, 0) is 14.3 Å². The standard InChI is InChI=1S/C17H32N2O3S/c1-4-5-6-7-8-9-10-13-22-23(20,21)17(14-16(2)3)19-12-11-18-15-19/h11-12,15-17H,4-10,13-14H2,1-3H3. The number of hydrogen-bond donors (Lipinski definition) is 0. The fourth-order valence-corrected chi connectivity index (χ4v) is 4.10. The summed E-state index contributed by atoms with van der Waals surface area (Å²) < 4.78 is 31.8. The number of rotatable bonds is 13. The van der Waals surface area contributed by atoms with Crippen molar-refractivity contribution in [3.8, 4) is 0 Å². The van der Waals surface area contributed by atoms with Crippen LogP contribution in [0.15, 0.2) is 18.7 Å². The molecule has 1 heterocycles. The molecule has 5 nitrogen and oxygen atoms in total. The zero-order valence-electron chi connectivity index (χ0n) is 14.8. The third kappa shape index (κ3) is 7.97. The Labute approximate surface area is 141 Å². The number of imidazole rings is 1. The van der Waals surface area contributed by atoms with Gasteiger partial charge in [-0.2, -0.15) is 8.42 Å². The van der Waals surface area contributed by atoms with Gasteiger partial charge in [-0.3, -0.25) is 4.18 Å². The van der Waals surface area contributed by atoms with Gasteiger partial charge in [-0.25, -0.2) is 4.98 Å². The molecule has 1 rings (SSSR count). The lowest BCUT2D eigenvalue weighted by atomic mass is 10.1. The molecule has 1 aromatic heterocycles. The molecule has 0 radical (unpaired) electrons. The fraction of sp³-hybridized carbons (Fsp3) is 0.824. The van der Waals surface area contributed by atoms with Gasteiger partial charge >= 0.3 is 0 Å². The van der Waals surface area contributed by atoms with Crippen LogP contribution in [-0.4, -0.2) is 24.6 Å². The molecule has 0 saturated carbocycles. The van der Waals surface area contributed by atoms with Crippen LogP contribution in [0.4, 0.5) is 0 Å². The van der Waals surface area contributed by atoms with E-state index in [2.05, 4.69) is 11.9 Å². The van der Waals surface area contributed by atoms with Gasteiger partial charge in [-0.1, -0.05) is 59.3 Å². The highest BCUT2D eigenvalue weighted by Gasteiger charge is 2.28. The van der Waals surface area contributed by atoms with Crippen molar-refractivity contribution in [2.24, 2.45) is 5.92 Å². The molecule has 0 spiro atoms. The second-order valence-electron chi connectivity index (χ2n) is 6.53. The minimum Gasteiger partial charge on any atom is -0.318 e. The Morgan fingerprint density at radius 3 is 2.30 bits per heavy atom. The molecule has 0 aliphatic carbocycles. The van der Waals surface area contributed by atoms with Gasteiger partial charge in [0.25, 0.3) is 10.1 Å². The Balaban J connectivity index is 2.40. The summed E-state index contributed by atoms with van der Waals surface area (Å²) in [5.74, 6) is 0.263. The highest BCUT2D eigenvalue weighted by molar-refractivity contribution is 7.86. The Morgan fingerprint density at radius 2 is 1.74 bits per heavy atom. The fourth-order valence-electron chi connectivity index (χ4n) is 2.54. The molecule has 134 valence electrons. The van der Waals surface area contributed by atoms with Gasteiger partial charge in [0.05, 0.1) is 12.9 Å². The number of aromatic nitrogens is 2. The van der Waals surface area contributed by atoms with Crippen LogP contribution in [0.25, 0.3) is 0 Å². The Morgan fingerprint density at radius 1 is 1.09 bits per heavy atom. The monoisotopic (exact) mass is 344 g/mol. The Hall–Kier alpha value is -0.880. The highest BCUT2D eigenvalue weighted by atomic mass is 32.2. The largest absolute Gasteiger partial charge is 0.318 e. The summed E-state index contributed by atoms with van der Waals surface area (Å²) in [6.45, 7) is 6.50. The maximum Gasteiger partial charge on any atom is 0.289 e. The predicted molar refractivity (Wildman–Crippen MR) is 93.6 cm³/mol. The van der Waals surface area contributed by atoms with Crippen LogP contribution < -0.4 is 0 Å². The molecule has 0 aliphatic heterocycles. The van der Waals surface area contributed by atoms with Gasteiger partial charge in [-0.15, -0.1) is 0 Å². The zero-order chi connectivity index (χ0) is 17.1. The van der Waals surface area contributed by atoms with E-state index in [-0.39, 0.29) is 12.5 Å². The quantitative estimate of drug-likeness (QED) is 0.390. The van der Waals surface area contributed by atoms with Crippen LogP contribution in [0.1, 0.15) is 77.5 Å². The Kier molecular flexibility index (Phi) is 9.48. The predicted octanol–water partition coefficient (Wildman–Crippen LogP) is 4.52. The molecule has 0 aliphatic rings. The molecule has 6 heteroatoms. The number of hydrogen-bond acceptors (Lipinski definition) is 4. The summed E-state index contributed by atoms with van der Waals surface area (Å²) in [5, 5.41) is -0.686. The molecule has 1 unspecified atom stereocenters. The van der Waals surface area contributed by atoms with Crippen molar-refractivity contribution in [2.45, 2.75) is 77.5 Å². The molecule has 1 atom stereocenters. The van der Waals surface area contributed by atoms with Crippen molar-refractivity contribution in [3.05, 3.63) is 18.7 Å². The number of unbranched alkanes of at least 4 members (excludes halogenated alkanes) is 6. The first-order valence-corrected chi connectivity index (χ1v) is 10.3. The van der Waals surface area contributed by atoms with Crippen LogP contribution in [0.5, 0.6) is 0 Å². The minimum absolute atomic E-state index is 0.263. The third-order valence-corrected chi connectivity index (χ3v) is 5.46. The van der Waals surface area contributed by atoms with Crippen molar-refractivity contribution in [2.75, 3.05) is 6.61 Å².